The van der Waals surface area contributed by atoms with Crippen molar-refractivity contribution >= 4 is 22.8 Å². The summed E-state index contributed by atoms with van der Waals surface area (Å²) in [5.41, 5.74) is 7.20. The van der Waals surface area contributed by atoms with Crippen molar-refractivity contribution in [3.8, 4) is 11.3 Å². The molecule has 2 heterocycles. The lowest BCUT2D eigenvalue weighted by Gasteiger charge is -2.43. The minimum Gasteiger partial charge on any atom is -0.252 e. The summed E-state index contributed by atoms with van der Waals surface area (Å²) in [5.74, 6) is 0. The Morgan fingerprint density at radius 2 is 1.48 bits per heavy atom. The van der Waals surface area contributed by atoms with E-state index >= 15 is 0 Å². The van der Waals surface area contributed by atoms with E-state index in [-0.39, 0.29) is 5.41 Å². The Kier molecular flexibility index (Phi) is 3.98. The van der Waals surface area contributed by atoms with Crippen LogP contribution in [0.1, 0.15) is 43.2 Å². The van der Waals surface area contributed by atoms with Crippen molar-refractivity contribution in [2.45, 2.75) is 47.3 Å². The van der Waals surface area contributed by atoms with Crippen LogP contribution in [0.4, 0.5) is 0 Å². The highest BCUT2D eigenvalue weighted by atomic mass is 32.2. The Balaban J connectivity index is 1.53. The second kappa shape index (κ2) is 6.70. The summed E-state index contributed by atoms with van der Waals surface area (Å²) >= 11 is 1.92. The third kappa shape index (κ3) is 2.71. The van der Waals surface area contributed by atoms with E-state index in [0.717, 1.165) is 16.7 Å². The molecule has 0 bridgehead atoms. The molecule has 0 atom stereocenters. The lowest BCUT2D eigenvalue weighted by Crippen LogP contribution is -2.33. The van der Waals surface area contributed by atoms with Gasteiger partial charge in [0.1, 0.15) is 0 Å². The van der Waals surface area contributed by atoms with Crippen LogP contribution < -0.4 is 0 Å². The quantitative estimate of drug-likeness (QED) is 0.347. The SMILES string of the molecule is c1ccc2c(c1)Sc1ccc(-c3cnc4ccccc4n3)cc1C21CCCCC1. The first-order chi connectivity index (χ1) is 14.3. The standard InChI is InChI=1S/C26H22N2S/c1-6-14-26(15-7-1)19-8-2-5-11-24(19)29-25-13-12-18(16-20(25)26)23-17-27-21-9-3-4-10-22(21)28-23/h2-5,8-13,16-17H,1,6-7,14-15H2. The number of benzene rings is 3. The van der Waals surface area contributed by atoms with E-state index < -0.39 is 0 Å². The van der Waals surface area contributed by atoms with Gasteiger partial charge in [-0.25, -0.2) is 4.98 Å². The van der Waals surface area contributed by atoms with Crippen molar-refractivity contribution in [1.82, 2.24) is 9.97 Å². The third-order valence-electron chi connectivity index (χ3n) is 6.57. The van der Waals surface area contributed by atoms with Crippen molar-refractivity contribution in [3.05, 3.63) is 84.1 Å². The maximum atomic E-state index is 4.90. The Morgan fingerprint density at radius 1 is 0.724 bits per heavy atom. The second-order valence-electron chi connectivity index (χ2n) is 8.20. The fourth-order valence-corrected chi connectivity index (χ4v) is 6.41. The fourth-order valence-electron chi connectivity index (χ4n) is 5.16. The van der Waals surface area contributed by atoms with Crippen LogP contribution in [0.3, 0.4) is 0 Å². The van der Waals surface area contributed by atoms with Crippen LogP contribution in [-0.2, 0) is 5.41 Å². The molecule has 3 heteroatoms. The van der Waals surface area contributed by atoms with Crippen LogP contribution in [0.15, 0.2) is 82.7 Å². The number of para-hydroxylation sites is 2. The predicted octanol–water partition coefficient (Wildman–Crippen LogP) is 7.01. The number of hydrogen-bond donors (Lipinski definition) is 0. The Hall–Kier alpha value is -2.65. The molecule has 1 spiro atoms. The molecule has 1 saturated carbocycles. The van der Waals surface area contributed by atoms with Gasteiger partial charge in [0.15, 0.2) is 0 Å². The fraction of sp³-hybridized carbons (Fsp3) is 0.231. The summed E-state index contributed by atoms with van der Waals surface area (Å²) < 4.78 is 0. The second-order valence-corrected chi connectivity index (χ2v) is 9.28. The van der Waals surface area contributed by atoms with E-state index in [4.69, 9.17) is 4.98 Å². The molecular weight excluding hydrogens is 372 g/mol. The molecule has 0 amide bonds. The van der Waals surface area contributed by atoms with Crippen LogP contribution >= 0.6 is 11.8 Å². The largest absolute Gasteiger partial charge is 0.252 e. The summed E-state index contributed by atoms with van der Waals surface area (Å²) in [6.07, 6.45) is 8.36. The zero-order chi connectivity index (χ0) is 19.3. The number of rotatable bonds is 1. The minimum atomic E-state index is 0.149. The molecule has 0 unspecified atom stereocenters. The van der Waals surface area contributed by atoms with Crippen LogP contribution in [-0.4, -0.2) is 9.97 Å². The van der Waals surface area contributed by atoms with Gasteiger partial charge in [-0.15, -0.1) is 0 Å². The molecule has 3 aromatic carbocycles. The van der Waals surface area contributed by atoms with Gasteiger partial charge in [-0.3, -0.25) is 4.98 Å². The van der Waals surface area contributed by atoms with Gasteiger partial charge in [0, 0.05) is 20.8 Å². The van der Waals surface area contributed by atoms with Gasteiger partial charge in [0.2, 0.25) is 0 Å². The molecule has 29 heavy (non-hydrogen) atoms. The third-order valence-corrected chi connectivity index (χ3v) is 7.72. The monoisotopic (exact) mass is 394 g/mol. The Labute approximate surface area is 175 Å². The average molecular weight is 395 g/mol. The molecule has 6 rings (SSSR count). The molecule has 142 valence electrons. The Bertz CT molecular complexity index is 1220. The molecule has 0 N–H and O–H groups in total. The van der Waals surface area contributed by atoms with Gasteiger partial charge < -0.3 is 0 Å². The summed E-state index contributed by atoms with van der Waals surface area (Å²) in [7, 11) is 0. The molecule has 1 aliphatic carbocycles. The van der Waals surface area contributed by atoms with E-state index in [0.29, 0.717) is 0 Å². The van der Waals surface area contributed by atoms with Gasteiger partial charge in [0.05, 0.1) is 22.9 Å². The summed E-state index contributed by atoms with van der Waals surface area (Å²) in [4.78, 5) is 12.4. The van der Waals surface area contributed by atoms with Gasteiger partial charge in [-0.05, 0) is 54.3 Å². The minimum absolute atomic E-state index is 0.149. The van der Waals surface area contributed by atoms with Gasteiger partial charge in [-0.2, -0.15) is 0 Å². The highest BCUT2D eigenvalue weighted by Gasteiger charge is 2.41. The van der Waals surface area contributed by atoms with Crippen LogP contribution in [0.5, 0.6) is 0 Å². The van der Waals surface area contributed by atoms with Crippen molar-refractivity contribution in [2.24, 2.45) is 0 Å². The highest BCUT2D eigenvalue weighted by Crippen LogP contribution is 2.55. The number of hydrogen-bond acceptors (Lipinski definition) is 3. The van der Waals surface area contributed by atoms with Gasteiger partial charge in [0.25, 0.3) is 0 Å². The van der Waals surface area contributed by atoms with Crippen LogP contribution in [0.2, 0.25) is 0 Å². The van der Waals surface area contributed by atoms with Gasteiger partial charge >= 0.3 is 0 Å². The molecule has 1 fully saturated rings. The Morgan fingerprint density at radius 3 is 2.38 bits per heavy atom. The maximum Gasteiger partial charge on any atom is 0.0894 e. The number of fused-ring (bicyclic) bond motifs is 5. The van der Waals surface area contributed by atoms with Crippen molar-refractivity contribution < 1.29 is 0 Å². The van der Waals surface area contributed by atoms with Crippen LogP contribution in [0.25, 0.3) is 22.3 Å². The van der Waals surface area contributed by atoms with E-state index in [1.165, 1.54) is 58.6 Å². The zero-order valence-corrected chi connectivity index (χ0v) is 17.1. The molecule has 1 aromatic heterocycles. The number of nitrogens with zero attached hydrogens (tertiary/aromatic N) is 2. The first-order valence-electron chi connectivity index (χ1n) is 10.5. The van der Waals surface area contributed by atoms with Crippen molar-refractivity contribution in [3.63, 3.8) is 0 Å². The highest BCUT2D eigenvalue weighted by molar-refractivity contribution is 7.99. The normalized spacial score (nSPS) is 17.1. The molecule has 4 aromatic rings. The van der Waals surface area contributed by atoms with E-state index in [2.05, 4.69) is 47.4 Å². The topological polar surface area (TPSA) is 25.8 Å². The first-order valence-corrected chi connectivity index (χ1v) is 11.3. The first kappa shape index (κ1) is 17.2. The van der Waals surface area contributed by atoms with Crippen molar-refractivity contribution in [1.29, 1.82) is 0 Å². The summed E-state index contributed by atoms with van der Waals surface area (Å²) in [6.45, 7) is 0. The van der Waals surface area contributed by atoms with Crippen molar-refractivity contribution in [2.75, 3.05) is 0 Å². The lowest BCUT2D eigenvalue weighted by molar-refractivity contribution is 0.335. The number of aromatic nitrogens is 2. The molecular formula is C26H22N2S. The summed E-state index contributed by atoms with van der Waals surface area (Å²) in [5, 5.41) is 0. The predicted molar refractivity (Wildman–Crippen MR) is 119 cm³/mol. The molecule has 1 aliphatic heterocycles. The smallest absolute Gasteiger partial charge is 0.0894 e. The zero-order valence-electron chi connectivity index (χ0n) is 16.3. The summed E-state index contributed by atoms with van der Waals surface area (Å²) in [6, 6.07) is 24.1. The van der Waals surface area contributed by atoms with E-state index in [1.54, 1.807) is 0 Å². The van der Waals surface area contributed by atoms with E-state index in [1.807, 2.05) is 42.2 Å². The molecule has 2 aliphatic rings. The lowest BCUT2D eigenvalue weighted by atomic mass is 9.65. The van der Waals surface area contributed by atoms with Gasteiger partial charge in [-0.1, -0.05) is 67.4 Å². The molecule has 0 radical (unpaired) electrons. The average Bonchev–Trinajstić information content (AvgIpc) is 2.79. The maximum absolute atomic E-state index is 4.90. The molecule has 2 nitrogen and oxygen atoms in total. The van der Waals surface area contributed by atoms with Crippen LogP contribution in [0, 0.1) is 0 Å². The van der Waals surface area contributed by atoms with E-state index in [9.17, 15) is 0 Å². The molecule has 0 saturated heterocycles.